The van der Waals surface area contributed by atoms with Gasteiger partial charge in [-0.05, 0) is 61.4 Å². The lowest BCUT2D eigenvalue weighted by molar-refractivity contribution is 0.102. The highest BCUT2D eigenvalue weighted by atomic mass is 35.5. The molecule has 4 rings (SSSR count). The summed E-state index contributed by atoms with van der Waals surface area (Å²) in [7, 11) is 0. The number of benzene rings is 2. The minimum Gasteiger partial charge on any atom is -0.321 e. The van der Waals surface area contributed by atoms with E-state index in [1.54, 1.807) is 18.2 Å². The van der Waals surface area contributed by atoms with Gasteiger partial charge in [-0.3, -0.25) is 9.59 Å². The van der Waals surface area contributed by atoms with Crippen LogP contribution in [0.4, 0.5) is 10.7 Å². The van der Waals surface area contributed by atoms with E-state index in [4.69, 9.17) is 11.6 Å². The Balaban J connectivity index is 1.70. The standard InChI is InChI=1S/C24H23ClN2O2S/c1-14-11-12-17-20(13-14)30-24(27-22(28)16-8-4-3-7-15(16)2)21(17)23(29)26-19-10-6-5-9-18(19)25/h3-10,14H,11-13H2,1-2H3,(H,26,29)(H,27,28)/t14-/m0/s1. The number of thiophene rings is 1. The van der Waals surface area contributed by atoms with Gasteiger partial charge in [0.2, 0.25) is 0 Å². The Bertz CT molecular complexity index is 1120. The van der Waals surface area contributed by atoms with Crippen molar-refractivity contribution in [3.05, 3.63) is 80.7 Å². The fraction of sp³-hybridized carbons (Fsp3) is 0.250. The van der Waals surface area contributed by atoms with Gasteiger partial charge in [-0.1, -0.05) is 48.9 Å². The number of rotatable bonds is 4. The van der Waals surface area contributed by atoms with Crippen LogP contribution in [0.15, 0.2) is 48.5 Å². The maximum absolute atomic E-state index is 13.3. The number of fused-ring (bicyclic) bond motifs is 1. The summed E-state index contributed by atoms with van der Waals surface area (Å²) in [5, 5.41) is 7.01. The van der Waals surface area contributed by atoms with E-state index in [9.17, 15) is 9.59 Å². The van der Waals surface area contributed by atoms with Gasteiger partial charge in [0.1, 0.15) is 5.00 Å². The molecule has 4 nitrogen and oxygen atoms in total. The number of halogens is 1. The summed E-state index contributed by atoms with van der Waals surface area (Å²) < 4.78 is 0. The lowest BCUT2D eigenvalue weighted by Crippen LogP contribution is -2.20. The molecule has 154 valence electrons. The number of aryl methyl sites for hydroxylation is 1. The van der Waals surface area contributed by atoms with E-state index in [0.29, 0.717) is 32.8 Å². The van der Waals surface area contributed by atoms with Crippen LogP contribution in [0, 0.1) is 12.8 Å². The summed E-state index contributed by atoms with van der Waals surface area (Å²) in [5.41, 5.74) is 3.66. The van der Waals surface area contributed by atoms with Crippen LogP contribution in [0.25, 0.3) is 0 Å². The van der Waals surface area contributed by atoms with Crippen molar-refractivity contribution in [2.75, 3.05) is 10.6 Å². The van der Waals surface area contributed by atoms with Gasteiger partial charge in [0.05, 0.1) is 16.3 Å². The molecule has 6 heteroatoms. The first-order valence-electron chi connectivity index (χ1n) is 10.0. The molecule has 0 saturated carbocycles. The Morgan fingerprint density at radius 3 is 2.53 bits per heavy atom. The van der Waals surface area contributed by atoms with E-state index < -0.39 is 0 Å². The van der Waals surface area contributed by atoms with Crippen LogP contribution in [0.1, 0.15) is 50.1 Å². The molecule has 2 N–H and O–H groups in total. The molecular formula is C24H23ClN2O2S. The van der Waals surface area contributed by atoms with Crippen molar-refractivity contribution in [3.8, 4) is 0 Å². The van der Waals surface area contributed by atoms with Gasteiger partial charge >= 0.3 is 0 Å². The van der Waals surface area contributed by atoms with Crippen molar-refractivity contribution in [2.45, 2.75) is 33.1 Å². The fourth-order valence-corrected chi connectivity index (χ4v) is 5.41. The van der Waals surface area contributed by atoms with E-state index >= 15 is 0 Å². The molecule has 0 bridgehead atoms. The third kappa shape index (κ3) is 4.13. The molecule has 0 radical (unpaired) electrons. The second-order valence-electron chi connectivity index (χ2n) is 7.76. The van der Waals surface area contributed by atoms with Gasteiger partial charge in [0, 0.05) is 10.4 Å². The largest absolute Gasteiger partial charge is 0.321 e. The normalized spacial score (nSPS) is 15.4. The highest BCUT2D eigenvalue weighted by molar-refractivity contribution is 7.17. The Morgan fingerprint density at radius 2 is 1.77 bits per heavy atom. The zero-order chi connectivity index (χ0) is 21.3. The van der Waals surface area contributed by atoms with Gasteiger partial charge in [-0.25, -0.2) is 0 Å². The van der Waals surface area contributed by atoms with Crippen molar-refractivity contribution in [3.63, 3.8) is 0 Å². The summed E-state index contributed by atoms with van der Waals surface area (Å²) in [5.74, 6) is 0.123. The quantitative estimate of drug-likeness (QED) is 0.499. The van der Waals surface area contributed by atoms with Crippen molar-refractivity contribution in [2.24, 2.45) is 5.92 Å². The van der Waals surface area contributed by atoms with Crippen molar-refractivity contribution in [1.82, 2.24) is 0 Å². The summed E-state index contributed by atoms with van der Waals surface area (Å²) >= 11 is 7.74. The summed E-state index contributed by atoms with van der Waals surface area (Å²) in [6.45, 7) is 4.12. The zero-order valence-corrected chi connectivity index (χ0v) is 18.5. The smallest absolute Gasteiger partial charge is 0.258 e. The van der Waals surface area contributed by atoms with Crippen LogP contribution in [0.3, 0.4) is 0 Å². The Hall–Kier alpha value is -2.63. The fourth-order valence-electron chi connectivity index (χ4n) is 3.82. The van der Waals surface area contributed by atoms with E-state index in [2.05, 4.69) is 17.6 Å². The first-order chi connectivity index (χ1) is 14.4. The van der Waals surface area contributed by atoms with Crippen molar-refractivity contribution < 1.29 is 9.59 Å². The van der Waals surface area contributed by atoms with Crippen LogP contribution in [-0.4, -0.2) is 11.8 Å². The molecule has 0 spiro atoms. The minimum absolute atomic E-state index is 0.202. The zero-order valence-electron chi connectivity index (χ0n) is 16.9. The molecule has 30 heavy (non-hydrogen) atoms. The topological polar surface area (TPSA) is 58.2 Å². The number of para-hydroxylation sites is 1. The molecule has 1 heterocycles. The highest BCUT2D eigenvalue weighted by Gasteiger charge is 2.29. The van der Waals surface area contributed by atoms with E-state index in [0.717, 1.165) is 30.4 Å². The van der Waals surface area contributed by atoms with Crippen LogP contribution in [-0.2, 0) is 12.8 Å². The van der Waals surface area contributed by atoms with Crippen LogP contribution >= 0.6 is 22.9 Å². The second-order valence-corrected chi connectivity index (χ2v) is 9.27. The van der Waals surface area contributed by atoms with Crippen LogP contribution in [0.5, 0.6) is 0 Å². The molecule has 0 aliphatic heterocycles. The number of anilines is 2. The number of nitrogens with one attached hydrogen (secondary N) is 2. The SMILES string of the molecule is Cc1ccccc1C(=O)Nc1sc2c(c1C(=O)Nc1ccccc1Cl)CC[C@H](C)C2. The molecule has 1 aliphatic rings. The molecule has 1 atom stereocenters. The number of carbonyl (C=O) groups excluding carboxylic acids is 2. The second kappa shape index (κ2) is 8.62. The summed E-state index contributed by atoms with van der Waals surface area (Å²) in [6, 6.07) is 14.6. The third-order valence-electron chi connectivity index (χ3n) is 5.48. The predicted octanol–water partition coefficient (Wildman–Crippen LogP) is 6.34. The van der Waals surface area contributed by atoms with E-state index in [1.165, 1.54) is 16.2 Å². The molecule has 0 fully saturated rings. The average molecular weight is 439 g/mol. The maximum Gasteiger partial charge on any atom is 0.258 e. The molecule has 1 aromatic heterocycles. The first kappa shape index (κ1) is 20.6. The lowest BCUT2D eigenvalue weighted by Gasteiger charge is -2.19. The Morgan fingerprint density at radius 1 is 1.03 bits per heavy atom. The Labute approximate surface area is 185 Å². The first-order valence-corrected chi connectivity index (χ1v) is 11.2. The molecule has 3 aromatic rings. The number of hydrogen-bond acceptors (Lipinski definition) is 3. The monoisotopic (exact) mass is 438 g/mol. The summed E-state index contributed by atoms with van der Waals surface area (Å²) in [6.07, 6.45) is 2.78. The molecule has 0 saturated heterocycles. The van der Waals surface area contributed by atoms with Crippen molar-refractivity contribution >= 4 is 45.4 Å². The number of hydrogen-bond donors (Lipinski definition) is 2. The average Bonchev–Trinajstić information content (AvgIpc) is 3.06. The van der Waals surface area contributed by atoms with Crippen LogP contribution in [0.2, 0.25) is 5.02 Å². The van der Waals surface area contributed by atoms with Gasteiger partial charge in [0.15, 0.2) is 0 Å². The third-order valence-corrected chi connectivity index (χ3v) is 6.98. The summed E-state index contributed by atoms with van der Waals surface area (Å²) in [4.78, 5) is 27.4. The van der Waals surface area contributed by atoms with Gasteiger partial charge in [-0.15, -0.1) is 11.3 Å². The molecule has 2 amide bonds. The predicted molar refractivity (Wildman–Crippen MR) is 124 cm³/mol. The molecule has 2 aromatic carbocycles. The van der Waals surface area contributed by atoms with E-state index in [-0.39, 0.29) is 11.8 Å². The van der Waals surface area contributed by atoms with Crippen molar-refractivity contribution in [1.29, 1.82) is 0 Å². The highest BCUT2D eigenvalue weighted by Crippen LogP contribution is 2.40. The minimum atomic E-state index is -0.241. The van der Waals surface area contributed by atoms with Crippen LogP contribution < -0.4 is 10.6 Å². The lowest BCUT2D eigenvalue weighted by atomic mass is 9.88. The number of amides is 2. The Kier molecular flexibility index (Phi) is 5.93. The molecule has 0 unspecified atom stereocenters. The maximum atomic E-state index is 13.3. The van der Waals surface area contributed by atoms with Gasteiger partial charge in [-0.2, -0.15) is 0 Å². The van der Waals surface area contributed by atoms with Gasteiger partial charge in [0.25, 0.3) is 11.8 Å². The molecule has 1 aliphatic carbocycles. The van der Waals surface area contributed by atoms with E-state index in [1.807, 2.05) is 37.3 Å². The molecular weight excluding hydrogens is 416 g/mol. The number of carbonyl (C=O) groups is 2. The van der Waals surface area contributed by atoms with Gasteiger partial charge < -0.3 is 10.6 Å².